The van der Waals surface area contributed by atoms with Gasteiger partial charge in [-0.2, -0.15) is 8.78 Å². The van der Waals surface area contributed by atoms with E-state index in [4.69, 9.17) is 14.2 Å². The summed E-state index contributed by atoms with van der Waals surface area (Å²) in [6, 6.07) is 11.3. The maximum atomic E-state index is 15.3. The van der Waals surface area contributed by atoms with E-state index in [0.717, 1.165) is 18.5 Å². The molecular weight excluding hydrogens is 487 g/mol. The molecule has 2 aliphatic rings. The Balaban J connectivity index is 1.44. The van der Waals surface area contributed by atoms with Crippen LogP contribution in [0.15, 0.2) is 54.9 Å². The zero-order chi connectivity index (χ0) is 25.5. The fourth-order valence-electron chi connectivity index (χ4n) is 5.10. The van der Waals surface area contributed by atoms with Gasteiger partial charge in [-0.05, 0) is 25.0 Å². The van der Waals surface area contributed by atoms with Gasteiger partial charge < -0.3 is 19.3 Å². The van der Waals surface area contributed by atoms with Crippen molar-refractivity contribution in [2.45, 2.75) is 37.6 Å². The Morgan fingerprint density at radius 1 is 1.11 bits per heavy atom. The van der Waals surface area contributed by atoms with E-state index in [1.54, 1.807) is 35.0 Å². The summed E-state index contributed by atoms with van der Waals surface area (Å²) < 4.78 is 59.1. The van der Waals surface area contributed by atoms with Crippen LogP contribution in [0.5, 0.6) is 5.75 Å². The van der Waals surface area contributed by atoms with Crippen LogP contribution < -0.4 is 4.74 Å². The molecule has 1 aromatic carbocycles. The van der Waals surface area contributed by atoms with Crippen LogP contribution in [0, 0.1) is 5.82 Å². The fraction of sp³-hybridized carbons (Fsp3) is 0.333. The lowest BCUT2D eigenvalue weighted by Crippen LogP contribution is -2.23. The SMILES string of the molecule is O[C@@H]1CO[C@H](c2ccccc2OC(F)F)c2c1nc1cc(F)c(-c3ccc(C4CCOCC4)nc3)cn21. The molecule has 3 aromatic heterocycles. The predicted octanol–water partition coefficient (Wildman–Crippen LogP) is 5.18. The third-order valence-corrected chi connectivity index (χ3v) is 6.91. The van der Waals surface area contributed by atoms with Gasteiger partial charge in [-0.15, -0.1) is 0 Å². The van der Waals surface area contributed by atoms with E-state index in [9.17, 15) is 13.9 Å². The van der Waals surface area contributed by atoms with Crippen molar-refractivity contribution >= 4 is 5.65 Å². The minimum Gasteiger partial charge on any atom is -0.434 e. The first-order valence-corrected chi connectivity index (χ1v) is 12.1. The number of aliphatic hydroxyl groups excluding tert-OH is 1. The van der Waals surface area contributed by atoms with Gasteiger partial charge in [0.05, 0.1) is 18.0 Å². The average molecular weight is 512 g/mol. The van der Waals surface area contributed by atoms with Crippen molar-refractivity contribution in [2.75, 3.05) is 19.8 Å². The van der Waals surface area contributed by atoms with Gasteiger partial charge in [-0.1, -0.05) is 24.3 Å². The number of pyridine rings is 2. The van der Waals surface area contributed by atoms with Gasteiger partial charge in [0.2, 0.25) is 0 Å². The standard InChI is InChI=1S/C27H24F3N3O4/c28-19-11-23-32-24-21(34)14-36-26(17-3-1-2-4-22(17)37-27(29)30)25(24)33(23)13-18(19)16-5-6-20(31-12-16)15-7-9-35-10-8-15/h1-6,11-13,15,21,26-27,34H,7-10,14H2/t21-,26-/m1/s1. The second-order valence-electron chi connectivity index (χ2n) is 9.15. The highest BCUT2D eigenvalue weighted by atomic mass is 19.3. The molecule has 7 nitrogen and oxygen atoms in total. The number of alkyl halides is 2. The summed E-state index contributed by atoms with van der Waals surface area (Å²) in [7, 11) is 0. The molecule has 0 bridgehead atoms. The Morgan fingerprint density at radius 3 is 2.68 bits per heavy atom. The normalized spacial score (nSPS) is 20.4. The van der Waals surface area contributed by atoms with Crippen molar-refractivity contribution in [3.05, 3.63) is 83.3 Å². The lowest BCUT2D eigenvalue weighted by atomic mass is 9.95. The molecule has 1 fully saturated rings. The molecule has 1 N–H and O–H groups in total. The van der Waals surface area contributed by atoms with Crippen molar-refractivity contribution in [3.8, 4) is 16.9 Å². The Morgan fingerprint density at radius 2 is 1.92 bits per heavy atom. The van der Waals surface area contributed by atoms with Crippen LogP contribution in [0.3, 0.4) is 0 Å². The van der Waals surface area contributed by atoms with Gasteiger partial charge >= 0.3 is 6.61 Å². The van der Waals surface area contributed by atoms with E-state index < -0.39 is 24.6 Å². The lowest BCUT2D eigenvalue weighted by Gasteiger charge is -2.28. The van der Waals surface area contributed by atoms with Crippen LogP contribution in [-0.4, -0.2) is 45.9 Å². The number of ether oxygens (including phenoxy) is 3. The monoisotopic (exact) mass is 511 g/mol. The summed E-state index contributed by atoms with van der Waals surface area (Å²) in [4.78, 5) is 9.04. The summed E-state index contributed by atoms with van der Waals surface area (Å²) in [6.45, 7) is -1.72. The summed E-state index contributed by atoms with van der Waals surface area (Å²) in [5.74, 6) is -0.232. The zero-order valence-corrected chi connectivity index (χ0v) is 19.7. The molecule has 6 rings (SSSR count). The number of aliphatic hydroxyl groups is 1. The number of halogens is 3. The van der Waals surface area contributed by atoms with Gasteiger partial charge in [-0.25, -0.2) is 9.37 Å². The minimum absolute atomic E-state index is 0.0463. The lowest BCUT2D eigenvalue weighted by molar-refractivity contribution is -0.0548. The highest BCUT2D eigenvalue weighted by Crippen LogP contribution is 2.41. The zero-order valence-electron chi connectivity index (χ0n) is 19.7. The maximum Gasteiger partial charge on any atom is 0.387 e. The van der Waals surface area contributed by atoms with Gasteiger partial charge in [0.15, 0.2) is 0 Å². The van der Waals surface area contributed by atoms with Crippen molar-refractivity contribution in [1.29, 1.82) is 0 Å². The van der Waals surface area contributed by atoms with Crippen LogP contribution in [0.4, 0.5) is 13.2 Å². The number of hydrogen-bond donors (Lipinski definition) is 1. The van der Waals surface area contributed by atoms with Crippen LogP contribution in [0.25, 0.3) is 16.8 Å². The van der Waals surface area contributed by atoms with Crippen molar-refractivity contribution in [1.82, 2.24) is 14.4 Å². The molecule has 2 atom stereocenters. The van der Waals surface area contributed by atoms with Gasteiger partial charge in [0, 0.05) is 60.0 Å². The van der Waals surface area contributed by atoms with Crippen LogP contribution in [0.2, 0.25) is 0 Å². The summed E-state index contributed by atoms with van der Waals surface area (Å²) in [6.07, 6.45) is 3.10. The second kappa shape index (κ2) is 9.77. The number of fused-ring (bicyclic) bond motifs is 3. The van der Waals surface area contributed by atoms with E-state index in [1.807, 2.05) is 12.1 Å². The first-order chi connectivity index (χ1) is 18.0. The van der Waals surface area contributed by atoms with Gasteiger partial charge in [0.1, 0.15) is 29.4 Å². The van der Waals surface area contributed by atoms with E-state index in [-0.39, 0.29) is 23.6 Å². The van der Waals surface area contributed by atoms with E-state index >= 15 is 4.39 Å². The van der Waals surface area contributed by atoms with E-state index in [0.29, 0.717) is 41.6 Å². The Hall–Kier alpha value is -3.47. The third kappa shape index (κ3) is 4.45. The number of aromatic nitrogens is 3. The van der Waals surface area contributed by atoms with Gasteiger partial charge in [0.25, 0.3) is 0 Å². The first kappa shape index (κ1) is 23.9. The van der Waals surface area contributed by atoms with E-state index in [1.165, 1.54) is 12.1 Å². The van der Waals surface area contributed by atoms with Crippen molar-refractivity contribution in [2.24, 2.45) is 0 Å². The molecular formula is C27H24F3N3O4. The molecule has 4 aromatic rings. The smallest absolute Gasteiger partial charge is 0.387 e. The number of imidazole rings is 1. The van der Waals surface area contributed by atoms with E-state index in [2.05, 4.69) is 9.97 Å². The molecule has 192 valence electrons. The van der Waals surface area contributed by atoms with Crippen molar-refractivity contribution in [3.63, 3.8) is 0 Å². The first-order valence-electron chi connectivity index (χ1n) is 12.1. The minimum atomic E-state index is -3.02. The molecule has 0 unspecified atom stereocenters. The summed E-state index contributed by atoms with van der Waals surface area (Å²) in [5.41, 5.74) is 3.15. The Kier molecular flexibility index (Phi) is 6.31. The number of benzene rings is 1. The number of rotatable bonds is 5. The molecule has 0 spiro atoms. The Bertz CT molecular complexity index is 1420. The summed E-state index contributed by atoms with van der Waals surface area (Å²) in [5, 5.41) is 10.6. The molecule has 0 radical (unpaired) electrons. The predicted molar refractivity (Wildman–Crippen MR) is 127 cm³/mol. The molecule has 10 heteroatoms. The highest BCUT2D eigenvalue weighted by molar-refractivity contribution is 5.66. The second-order valence-corrected chi connectivity index (χ2v) is 9.15. The number of para-hydroxylation sites is 1. The number of hydrogen-bond acceptors (Lipinski definition) is 6. The molecule has 37 heavy (non-hydrogen) atoms. The van der Waals surface area contributed by atoms with Crippen LogP contribution in [0.1, 0.15) is 53.6 Å². The van der Waals surface area contributed by atoms with Crippen LogP contribution >= 0.6 is 0 Å². The molecule has 0 saturated carbocycles. The maximum absolute atomic E-state index is 15.3. The quantitative estimate of drug-likeness (QED) is 0.398. The largest absolute Gasteiger partial charge is 0.434 e. The topological polar surface area (TPSA) is 78.1 Å². The molecule has 5 heterocycles. The fourth-order valence-corrected chi connectivity index (χ4v) is 5.10. The molecule has 2 aliphatic heterocycles. The highest BCUT2D eigenvalue weighted by Gasteiger charge is 2.35. The number of nitrogens with zero attached hydrogens (tertiary/aromatic N) is 3. The third-order valence-electron chi connectivity index (χ3n) is 6.91. The Labute approximate surface area is 210 Å². The van der Waals surface area contributed by atoms with Gasteiger partial charge in [-0.3, -0.25) is 9.38 Å². The van der Waals surface area contributed by atoms with Crippen LogP contribution in [-0.2, 0) is 9.47 Å². The molecule has 0 amide bonds. The van der Waals surface area contributed by atoms with Crippen molar-refractivity contribution < 1.29 is 32.5 Å². The molecule has 0 aliphatic carbocycles. The summed E-state index contributed by atoms with van der Waals surface area (Å²) >= 11 is 0. The average Bonchev–Trinajstić information content (AvgIpc) is 3.28. The molecule has 1 saturated heterocycles.